The summed E-state index contributed by atoms with van der Waals surface area (Å²) in [6.45, 7) is 8.15. The summed E-state index contributed by atoms with van der Waals surface area (Å²) < 4.78 is 0. The molecule has 6 heteroatoms. The van der Waals surface area contributed by atoms with Crippen LogP contribution in [0.5, 0.6) is 0 Å². The van der Waals surface area contributed by atoms with Crippen LogP contribution < -0.4 is 5.73 Å². The Morgan fingerprint density at radius 2 is 1.97 bits per heavy atom. The molecule has 0 saturated carbocycles. The predicted octanol–water partition coefficient (Wildman–Crippen LogP) is 4.66. The third-order valence-corrected chi connectivity index (χ3v) is 6.68. The molecular formula is C26H26N6. The number of benzene rings is 2. The van der Waals surface area contributed by atoms with Gasteiger partial charge in [-0.05, 0) is 80.8 Å². The molecule has 0 unspecified atom stereocenters. The van der Waals surface area contributed by atoms with E-state index in [2.05, 4.69) is 58.3 Å². The minimum absolute atomic E-state index is 0.578. The first-order valence-electron chi connectivity index (χ1n) is 10.8. The predicted molar refractivity (Wildman–Crippen MR) is 128 cm³/mol. The summed E-state index contributed by atoms with van der Waals surface area (Å²) in [5.41, 5.74) is 17.9. The van der Waals surface area contributed by atoms with Crippen molar-refractivity contribution >= 4 is 16.6 Å². The average Bonchev–Trinajstić information content (AvgIpc) is 3.18. The zero-order valence-corrected chi connectivity index (χ0v) is 18.9. The number of aryl methyl sites for hydroxylation is 2. The van der Waals surface area contributed by atoms with Gasteiger partial charge in [0.1, 0.15) is 0 Å². The number of nitrogen functional groups attached to an aromatic ring is 1. The zero-order chi connectivity index (χ0) is 22.6. The Hall–Kier alpha value is -3.69. The van der Waals surface area contributed by atoms with Crippen LogP contribution in [0.2, 0.25) is 0 Å². The van der Waals surface area contributed by atoms with Gasteiger partial charge >= 0.3 is 0 Å². The van der Waals surface area contributed by atoms with Crippen LogP contribution in [-0.2, 0) is 13.0 Å². The Kier molecular flexibility index (Phi) is 4.72. The number of rotatable bonds is 2. The van der Waals surface area contributed by atoms with Gasteiger partial charge in [0.2, 0.25) is 0 Å². The van der Waals surface area contributed by atoms with Gasteiger partial charge in [0.05, 0.1) is 34.7 Å². The average molecular weight is 423 g/mol. The van der Waals surface area contributed by atoms with Crippen molar-refractivity contribution in [3.05, 3.63) is 64.0 Å². The van der Waals surface area contributed by atoms with E-state index >= 15 is 0 Å². The normalized spacial score (nSPS) is 13.8. The summed E-state index contributed by atoms with van der Waals surface area (Å²) in [6.07, 6.45) is 2.75. The molecule has 6 nitrogen and oxygen atoms in total. The highest BCUT2D eigenvalue weighted by Crippen LogP contribution is 2.37. The first kappa shape index (κ1) is 20.2. The molecule has 3 N–H and O–H groups in total. The molecule has 32 heavy (non-hydrogen) atoms. The van der Waals surface area contributed by atoms with Crippen LogP contribution in [0, 0.1) is 32.1 Å². The molecule has 3 heterocycles. The van der Waals surface area contributed by atoms with Gasteiger partial charge in [-0.3, -0.25) is 10.1 Å². The van der Waals surface area contributed by atoms with Gasteiger partial charge in [0, 0.05) is 40.9 Å². The van der Waals surface area contributed by atoms with Crippen molar-refractivity contribution in [3.8, 4) is 28.5 Å². The number of H-pyrrole nitrogens is 1. The van der Waals surface area contributed by atoms with E-state index in [0.717, 1.165) is 64.1 Å². The number of likely N-dealkylation sites (N-methyl/N-ethyl adjacent to an activating group) is 1. The van der Waals surface area contributed by atoms with Crippen LogP contribution in [0.1, 0.15) is 33.5 Å². The number of anilines is 1. The van der Waals surface area contributed by atoms with Gasteiger partial charge < -0.3 is 10.6 Å². The number of hydrogen-bond acceptors (Lipinski definition) is 5. The molecule has 5 rings (SSSR count). The number of aromatic nitrogens is 3. The molecule has 1 aliphatic rings. The van der Waals surface area contributed by atoms with Crippen LogP contribution in [0.3, 0.4) is 0 Å². The molecule has 160 valence electrons. The van der Waals surface area contributed by atoms with E-state index < -0.39 is 0 Å². The molecule has 0 radical (unpaired) electrons. The number of nitrogens with one attached hydrogen (secondary N) is 1. The molecular weight excluding hydrogens is 396 g/mol. The van der Waals surface area contributed by atoms with Crippen molar-refractivity contribution in [1.29, 1.82) is 5.26 Å². The largest absolute Gasteiger partial charge is 0.397 e. The lowest BCUT2D eigenvalue weighted by Gasteiger charge is -2.26. The Balaban J connectivity index is 1.74. The van der Waals surface area contributed by atoms with Crippen molar-refractivity contribution < 1.29 is 0 Å². The number of fused-ring (bicyclic) bond motifs is 2. The SMILES string of the molecule is Cc1cc(-c2n[nH]c3cc(C#N)c(-c4c(C)ncc(N)c4C)cc23)cc2c1CCN(C)C2. The first-order chi connectivity index (χ1) is 15.4. The summed E-state index contributed by atoms with van der Waals surface area (Å²) in [7, 11) is 2.16. The molecule has 2 aromatic heterocycles. The highest BCUT2D eigenvalue weighted by molar-refractivity contribution is 5.98. The van der Waals surface area contributed by atoms with Crippen molar-refractivity contribution in [2.75, 3.05) is 19.3 Å². The second kappa shape index (κ2) is 7.47. The van der Waals surface area contributed by atoms with Crippen molar-refractivity contribution in [3.63, 3.8) is 0 Å². The topological polar surface area (TPSA) is 94.6 Å². The van der Waals surface area contributed by atoms with E-state index in [4.69, 9.17) is 5.73 Å². The van der Waals surface area contributed by atoms with Crippen molar-refractivity contribution in [2.24, 2.45) is 0 Å². The summed E-state index contributed by atoms with van der Waals surface area (Å²) in [5.74, 6) is 0. The van der Waals surface area contributed by atoms with E-state index in [1.807, 2.05) is 19.9 Å². The van der Waals surface area contributed by atoms with E-state index in [-0.39, 0.29) is 0 Å². The number of nitrogens with two attached hydrogens (primary N) is 1. The quantitative estimate of drug-likeness (QED) is 0.490. The third-order valence-electron chi connectivity index (χ3n) is 6.68. The van der Waals surface area contributed by atoms with Crippen molar-refractivity contribution in [1.82, 2.24) is 20.1 Å². The Bertz CT molecular complexity index is 1420. The lowest BCUT2D eigenvalue weighted by Crippen LogP contribution is -2.27. The molecule has 0 saturated heterocycles. The molecule has 0 aliphatic carbocycles. The highest BCUT2D eigenvalue weighted by Gasteiger charge is 2.20. The van der Waals surface area contributed by atoms with Gasteiger partial charge in [-0.1, -0.05) is 0 Å². The molecule has 0 spiro atoms. The standard InChI is InChI=1S/C26H26N6/c1-14-7-17(8-19-13-32(4)6-5-20(14)19)26-22-10-21(18(11-27)9-24(22)30-31-26)25-15(2)23(28)12-29-16(25)3/h7-10,12H,5-6,13,28H2,1-4H3,(H,30,31). The van der Waals surface area contributed by atoms with Gasteiger partial charge in [0.15, 0.2) is 0 Å². The lowest BCUT2D eigenvalue weighted by molar-refractivity contribution is 0.312. The Morgan fingerprint density at radius 1 is 1.16 bits per heavy atom. The monoisotopic (exact) mass is 422 g/mol. The molecule has 4 aromatic rings. The summed E-state index contributed by atoms with van der Waals surface area (Å²) in [6, 6.07) is 10.8. The summed E-state index contributed by atoms with van der Waals surface area (Å²) in [5, 5.41) is 18.7. The maximum atomic E-state index is 9.87. The molecule has 2 aromatic carbocycles. The lowest BCUT2D eigenvalue weighted by atomic mass is 9.90. The fraction of sp³-hybridized carbons (Fsp3) is 0.269. The van der Waals surface area contributed by atoms with E-state index in [1.165, 1.54) is 16.7 Å². The van der Waals surface area contributed by atoms with Gasteiger partial charge in [0.25, 0.3) is 0 Å². The van der Waals surface area contributed by atoms with Crippen LogP contribution in [-0.4, -0.2) is 33.7 Å². The zero-order valence-electron chi connectivity index (χ0n) is 18.9. The molecule has 0 bridgehead atoms. The highest BCUT2D eigenvalue weighted by atomic mass is 15.1. The van der Waals surface area contributed by atoms with Crippen molar-refractivity contribution in [2.45, 2.75) is 33.7 Å². The maximum absolute atomic E-state index is 9.87. The summed E-state index contributed by atoms with van der Waals surface area (Å²) in [4.78, 5) is 6.80. The van der Waals surface area contributed by atoms with E-state index in [1.54, 1.807) is 6.20 Å². The van der Waals surface area contributed by atoms with Crippen LogP contribution in [0.25, 0.3) is 33.3 Å². The number of nitriles is 1. The molecule has 1 aliphatic heterocycles. The number of nitrogens with zero attached hydrogens (tertiary/aromatic N) is 4. The third kappa shape index (κ3) is 3.14. The van der Waals surface area contributed by atoms with Gasteiger partial charge in [-0.15, -0.1) is 0 Å². The van der Waals surface area contributed by atoms with Gasteiger partial charge in [-0.2, -0.15) is 10.4 Å². The maximum Gasteiger partial charge on any atom is 0.0999 e. The minimum Gasteiger partial charge on any atom is -0.397 e. The van der Waals surface area contributed by atoms with E-state index in [9.17, 15) is 5.26 Å². The first-order valence-corrected chi connectivity index (χ1v) is 10.8. The minimum atomic E-state index is 0.578. The smallest absolute Gasteiger partial charge is 0.0999 e. The van der Waals surface area contributed by atoms with Gasteiger partial charge in [-0.25, -0.2) is 0 Å². The van der Waals surface area contributed by atoms with Crippen LogP contribution in [0.4, 0.5) is 5.69 Å². The molecule has 0 fully saturated rings. The second-order valence-corrected chi connectivity index (χ2v) is 8.84. The Labute approximate surface area is 187 Å². The fourth-order valence-corrected chi connectivity index (χ4v) is 4.92. The number of hydrogen-bond donors (Lipinski definition) is 2. The molecule has 0 amide bonds. The number of pyridine rings is 1. The molecule has 0 atom stereocenters. The second-order valence-electron chi connectivity index (χ2n) is 8.84. The number of aromatic amines is 1. The Morgan fingerprint density at radius 3 is 2.75 bits per heavy atom. The van der Waals surface area contributed by atoms with Crippen LogP contribution >= 0.6 is 0 Å². The van der Waals surface area contributed by atoms with E-state index in [0.29, 0.717) is 11.3 Å². The fourth-order valence-electron chi connectivity index (χ4n) is 4.92. The summed E-state index contributed by atoms with van der Waals surface area (Å²) >= 11 is 0. The van der Waals surface area contributed by atoms with Crippen LogP contribution in [0.15, 0.2) is 30.5 Å².